The van der Waals surface area contributed by atoms with E-state index in [0.29, 0.717) is 18.0 Å². The van der Waals surface area contributed by atoms with Crippen molar-refractivity contribution in [2.75, 3.05) is 14.2 Å². The lowest BCUT2D eigenvalue weighted by molar-refractivity contribution is 0.237. The number of thiazole rings is 1. The van der Waals surface area contributed by atoms with Gasteiger partial charge >= 0.3 is 6.03 Å². The van der Waals surface area contributed by atoms with E-state index in [1.54, 1.807) is 25.6 Å². The molecule has 2 N–H and O–H groups in total. The van der Waals surface area contributed by atoms with Gasteiger partial charge in [-0.2, -0.15) is 0 Å². The maximum atomic E-state index is 12.2. The molecule has 3 rings (SSSR count). The molecule has 1 aromatic heterocycles. The topological polar surface area (TPSA) is 72.5 Å². The second-order valence-corrected chi connectivity index (χ2v) is 7.48. The molecule has 140 valence electrons. The summed E-state index contributed by atoms with van der Waals surface area (Å²) in [5.74, 6) is 1.32. The molecule has 2 aromatic rings. The van der Waals surface area contributed by atoms with Crippen molar-refractivity contribution in [3.63, 3.8) is 0 Å². The largest absolute Gasteiger partial charge is 0.493 e. The number of amides is 2. The molecule has 1 aliphatic carbocycles. The molecular weight excluding hydrogens is 350 g/mol. The number of nitrogens with one attached hydrogen (secondary N) is 2. The molecule has 0 radical (unpaired) electrons. The predicted octanol–water partition coefficient (Wildman–Crippen LogP) is 3.60. The Labute approximate surface area is 157 Å². The highest BCUT2D eigenvalue weighted by atomic mass is 32.1. The number of benzene rings is 1. The first-order chi connectivity index (χ1) is 12.6. The molecule has 0 unspecified atom stereocenters. The van der Waals surface area contributed by atoms with Crippen molar-refractivity contribution in [2.45, 2.75) is 45.2 Å². The van der Waals surface area contributed by atoms with Crippen LogP contribution in [-0.4, -0.2) is 25.2 Å². The highest BCUT2D eigenvalue weighted by molar-refractivity contribution is 7.11. The molecule has 6 nitrogen and oxygen atoms in total. The molecule has 0 saturated heterocycles. The molecule has 0 saturated carbocycles. The van der Waals surface area contributed by atoms with Gasteiger partial charge in [-0.1, -0.05) is 6.07 Å². The number of carbonyl (C=O) groups excluding carboxylic acids is 1. The third-order valence-electron chi connectivity index (χ3n) is 4.48. The second kappa shape index (κ2) is 8.40. The maximum absolute atomic E-state index is 12.2. The van der Waals surface area contributed by atoms with Gasteiger partial charge in [-0.25, -0.2) is 9.78 Å². The number of urea groups is 1. The highest BCUT2D eigenvalue weighted by Gasteiger charge is 2.19. The third-order valence-corrected chi connectivity index (χ3v) is 5.82. The third kappa shape index (κ3) is 4.27. The average Bonchev–Trinajstić information content (AvgIpc) is 3.10. The summed E-state index contributed by atoms with van der Waals surface area (Å²) in [6, 6.07) is 5.28. The minimum atomic E-state index is -0.208. The van der Waals surface area contributed by atoms with Crippen LogP contribution in [0.1, 0.15) is 46.9 Å². The van der Waals surface area contributed by atoms with Gasteiger partial charge in [-0.05, 0) is 50.3 Å². The van der Waals surface area contributed by atoms with Gasteiger partial charge in [0.1, 0.15) is 5.01 Å². The Bertz CT molecular complexity index is 752. The summed E-state index contributed by atoms with van der Waals surface area (Å²) in [7, 11) is 3.19. The van der Waals surface area contributed by atoms with Crippen molar-refractivity contribution in [1.82, 2.24) is 15.6 Å². The first-order valence-corrected chi connectivity index (χ1v) is 9.66. The van der Waals surface area contributed by atoms with Crippen LogP contribution < -0.4 is 20.1 Å². The summed E-state index contributed by atoms with van der Waals surface area (Å²) >= 11 is 1.72. The monoisotopic (exact) mass is 375 g/mol. The number of aromatic nitrogens is 1. The summed E-state index contributed by atoms with van der Waals surface area (Å²) in [5.41, 5.74) is 2.16. The fourth-order valence-electron chi connectivity index (χ4n) is 3.04. The quantitative estimate of drug-likeness (QED) is 0.809. The van der Waals surface area contributed by atoms with Crippen LogP contribution in [0.3, 0.4) is 0 Å². The zero-order valence-electron chi connectivity index (χ0n) is 15.4. The SMILES string of the molecule is COc1ccc(CNC(=O)N[C@H](C)c2nc3c(s2)CCCC3)cc1OC. The molecule has 7 heteroatoms. The minimum absolute atomic E-state index is 0.101. The number of nitrogens with zero attached hydrogens (tertiary/aromatic N) is 1. The molecule has 1 heterocycles. The number of carbonyl (C=O) groups is 1. The van der Waals surface area contributed by atoms with Gasteiger partial charge in [-0.3, -0.25) is 0 Å². The maximum Gasteiger partial charge on any atom is 0.315 e. The van der Waals surface area contributed by atoms with E-state index >= 15 is 0 Å². The van der Waals surface area contributed by atoms with Gasteiger partial charge in [0.25, 0.3) is 0 Å². The van der Waals surface area contributed by atoms with Crippen LogP contribution in [0.25, 0.3) is 0 Å². The summed E-state index contributed by atoms with van der Waals surface area (Å²) in [4.78, 5) is 18.3. The highest BCUT2D eigenvalue weighted by Crippen LogP contribution is 2.30. The van der Waals surface area contributed by atoms with Crippen LogP contribution >= 0.6 is 11.3 Å². The van der Waals surface area contributed by atoms with Crippen LogP contribution in [0.15, 0.2) is 18.2 Å². The Kier molecular flexibility index (Phi) is 5.98. The van der Waals surface area contributed by atoms with Crippen LogP contribution in [-0.2, 0) is 19.4 Å². The molecular formula is C19H25N3O3S. The van der Waals surface area contributed by atoms with Gasteiger partial charge in [0.05, 0.1) is 26.0 Å². The lowest BCUT2D eigenvalue weighted by Crippen LogP contribution is -2.36. The Balaban J connectivity index is 1.54. The van der Waals surface area contributed by atoms with Crippen LogP contribution in [0, 0.1) is 0 Å². The molecule has 0 fully saturated rings. The molecule has 1 aliphatic rings. The number of fused-ring (bicyclic) bond motifs is 1. The van der Waals surface area contributed by atoms with Crippen molar-refractivity contribution in [3.8, 4) is 11.5 Å². The first kappa shape index (κ1) is 18.5. The molecule has 2 amide bonds. The van der Waals surface area contributed by atoms with Gasteiger partial charge in [0.2, 0.25) is 0 Å². The lowest BCUT2D eigenvalue weighted by Gasteiger charge is -2.13. The molecule has 1 atom stereocenters. The van der Waals surface area contributed by atoms with E-state index < -0.39 is 0 Å². The van der Waals surface area contributed by atoms with Gasteiger partial charge in [-0.15, -0.1) is 11.3 Å². The summed E-state index contributed by atoms with van der Waals surface area (Å²) in [6.45, 7) is 2.38. The van der Waals surface area contributed by atoms with E-state index in [4.69, 9.17) is 14.5 Å². The van der Waals surface area contributed by atoms with E-state index in [-0.39, 0.29) is 12.1 Å². The van der Waals surface area contributed by atoms with Crippen molar-refractivity contribution in [2.24, 2.45) is 0 Å². The Morgan fingerprint density at radius 1 is 1.23 bits per heavy atom. The molecule has 0 aliphatic heterocycles. The lowest BCUT2D eigenvalue weighted by atomic mass is 10.0. The number of hydrogen-bond donors (Lipinski definition) is 2. The Morgan fingerprint density at radius 2 is 2.00 bits per heavy atom. The van der Waals surface area contributed by atoms with Gasteiger partial charge in [0, 0.05) is 11.4 Å². The first-order valence-electron chi connectivity index (χ1n) is 8.84. The van der Waals surface area contributed by atoms with E-state index in [0.717, 1.165) is 23.4 Å². The predicted molar refractivity (Wildman–Crippen MR) is 102 cm³/mol. The van der Waals surface area contributed by atoms with E-state index in [1.165, 1.54) is 23.4 Å². The zero-order chi connectivity index (χ0) is 18.5. The van der Waals surface area contributed by atoms with Gasteiger partial charge in [0.15, 0.2) is 11.5 Å². The fraction of sp³-hybridized carbons (Fsp3) is 0.474. The second-order valence-electron chi connectivity index (χ2n) is 6.37. The standard InChI is InChI=1S/C19H25N3O3S/c1-12(18-22-14-6-4-5-7-17(14)26-18)21-19(23)20-11-13-8-9-15(24-2)16(10-13)25-3/h8-10,12H,4-7,11H2,1-3H3,(H2,20,21,23)/t12-/m1/s1. The summed E-state index contributed by atoms with van der Waals surface area (Å²) in [6.07, 6.45) is 4.63. The Morgan fingerprint density at radius 3 is 2.73 bits per heavy atom. The minimum Gasteiger partial charge on any atom is -0.493 e. The number of ether oxygens (including phenoxy) is 2. The van der Waals surface area contributed by atoms with E-state index in [1.807, 2.05) is 25.1 Å². The molecule has 0 spiro atoms. The smallest absolute Gasteiger partial charge is 0.315 e. The van der Waals surface area contributed by atoms with Crippen LogP contribution in [0.5, 0.6) is 11.5 Å². The van der Waals surface area contributed by atoms with Crippen molar-refractivity contribution < 1.29 is 14.3 Å². The fourth-order valence-corrected chi connectivity index (χ4v) is 4.20. The zero-order valence-corrected chi connectivity index (χ0v) is 16.2. The van der Waals surface area contributed by atoms with Crippen molar-refractivity contribution in [1.29, 1.82) is 0 Å². The van der Waals surface area contributed by atoms with Crippen LogP contribution in [0.2, 0.25) is 0 Å². The number of rotatable bonds is 6. The van der Waals surface area contributed by atoms with Gasteiger partial charge < -0.3 is 20.1 Å². The van der Waals surface area contributed by atoms with Crippen LogP contribution in [0.4, 0.5) is 4.79 Å². The van der Waals surface area contributed by atoms with E-state index in [9.17, 15) is 4.79 Å². The van der Waals surface area contributed by atoms with Crippen molar-refractivity contribution >= 4 is 17.4 Å². The Hall–Kier alpha value is -2.28. The van der Waals surface area contributed by atoms with Crippen molar-refractivity contribution in [3.05, 3.63) is 39.3 Å². The molecule has 26 heavy (non-hydrogen) atoms. The summed E-state index contributed by atoms with van der Waals surface area (Å²) in [5, 5.41) is 6.83. The van der Waals surface area contributed by atoms with E-state index in [2.05, 4.69) is 10.6 Å². The normalized spacial score (nSPS) is 14.3. The molecule has 0 bridgehead atoms. The number of methoxy groups -OCH3 is 2. The number of aryl methyl sites for hydroxylation is 2. The summed E-state index contributed by atoms with van der Waals surface area (Å²) < 4.78 is 10.5. The number of hydrogen-bond acceptors (Lipinski definition) is 5. The molecule has 1 aromatic carbocycles. The average molecular weight is 375 g/mol.